The molecule has 2 heterocycles. The Morgan fingerprint density at radius 2 is 1.77 bits per heavy atom. The van der Waals surface area contributed by atoms with E-state index in [1.165, 1.54) is 41.0 Å². The standard InChI is InChI=1S/C23H21FN4OS/c1-14-3-5-16(6-4-14)20-15(2)30-23-21(20)22(26-13-27-23)25-12-11-19(29)28-18-9-7-17(24)8-10-18/h3-10,13H,11-12H2,1-2H3,(H,28,29)(H,25,26,27). The lowest BCUT2D eigenvalue weighted by Gasteiger charge is -2.10. The van der Waals surface area contributed by atoms with Crippen LogP contribution in [0.15, 0.2) is 54.9 Å². The molecule has 0 aliphatic carbocycles. The van der Waals surface area contributed by atoms with Crippen LogP contribution in [0.2, 0.25) is 0 Å². The van der Waals surface area contributed by atoms with Gasteiger partial charge in [-0.1, -0.05) is 29.8 Å². The molecule has 0 fully saturated rings. The highest BCUT2D eigenvalue weighted by molar-refractivity contribution is 7.19. The number of benzene rings is 2. The summed E-state index contributed by atoms with van der Waals surface area (Å²) in [4.78, 5) is 23.1. The second-order valence-electron chi connectivity index (χ2n) is 7.03. The van der Waals surface area contributed by atoms with Crippen molar-refractivity contribution in [1.82, 2.24) is 9.97 Å². The topological polar surface area (TPSA) is 66.9 Å². The van der Waals surface area contributed by atoms with E-state index in [0.717, 1.165) is 27.2 Å². The summed E-state index contributed by atoms with van der Waals surface area (Å²) in [6.45, 7) is 4.57. The monoisotopic (exact) mass is 420 g/mol. The van der Waals surface area contributed by atoms with Crippen molar-refractivity contribution in [2.45, 2.75) is 20.3 Å². The van der Waals surface area contributed by atoms with Gasteiger partial charge in [0.2, 0.25) is 5.91 Å². The number of nitrogens with one attached hydrogen (secondary N) is 2. The normalized spacial score (nSPS) is 10.9. The van der Waals surface area contributed by atoms with Crippen LogP contribution in [-0.4, -0.2) is 22.4 Å². The third-order valence-corrected chi connectivity index (χ3v) is 5.79. The van der Waals surface area contributed by atoms with Crippen LogP contribution in [0.1, 0.15) is 16.9 Å². The number of hydrogen-bond donors (Lipinski definition) is 2. The zero-order chi connectivity index (χ0) is 21.1. The van der Waals surface area contributed by atoms with E-state index in [1.54, 1.807) is 11.3 Å². The molecule has 4 aromatic rings. The Hall–Kier alpha value is -3.32. The molecule has 4 rings (SSSR count). The van der Waals surface area contributed by atoms with Gasteiger partial charge in [0.25, 0.3) is 0 Å². The summed E-state index contributed by atoms with van der Waals surface area (Å²) in [6.07, 6.45) is 1.80. The van der Waals surface area contributed by atoms with Crippen LogP contribution in [-0.2, 0) is 4.79 Å². The van der Waals surface area contributed by atoms with Crippen molar-refractivity contribution in [2.75, 3.05) is 17.2 Å². The van der Waals surface area contributed by atoms with Crippen molar-refractivity contribution in [3.63, 3.8) is 0 Å². The fourth-order valence-electron chi connectivity index (χ4n) is 3.30. The maximum absolute atomic E-state index is 13.0. The van der Waals surface area contributed by atoms with Crippen molar-refractivity contribution in [2.24, 2.45) is 0 Å². The number of aryl methyl sites for hydroxylation is 2. The number of thiophene rings is 1. The lowest BCUT2D eigenvalue weighted by molar-refractivity contribution is -0.115. The summed E-state index contributed by atoms with van der Waals surface area (Å²) in [5, 5.41) is 7.02. The van der Waals surface area contributed by atoms with Crippen LogP contribution >= 0.6 is 11.3 Å². The first-order chi connectivity index (χ1) is 14.5. The van der Waals surface area contributed by atoms with Crippen molar-refractivity contribution < 1.29 is 9.18 Å². The molecule has 1 amide bonds. The van der Waals surface area contributed by atoms with E-state index >= 15 is 0 Å². The lowest BCUT2D eigenvalue weighted by Crippen LogP contribution is -2.16. The molecule has 0 radical (unpaired) electrons. The Labute approximate surface area is 178 Å². The Kier molecular flexibility index (Phi) is 5.72. The zero-order valence-electron chi connectivity index (χ0n) is 16.7. The van der Waals surface area contributed by atoms with Gasteiger partial charge >= 0.3 is 0 Å². The third-order valence-electron chi connectivity index (χ3n) is 4.78. The van der Waals surface area contributed by atoms with Crippen LogP contribution in [0.4, 0.5) is 15.9 Å². The summed E-state index contributed by atoms with van der Waals surface area (Å²) >= 11 is 1.63. The molecular weight excluding hydrogens is 399 g/mol. The molecule has 0 aliphatic rings. The number of hydrogen-bond acceptors (Lipinski definition) is 5. The predicted molar refractivity (Wildman–Crippen MR) is 120 cm³/mol. The molecule has 0 atom stereocenters. The van der Waals surface area contributed by atoms with Crippen molar-refractivity contribution >= 4 is 39.0 Å². The minimum atomic E-state index is -0.335. The number of carbonyl (C=O) groups excluding carboxylic acids is 1. The number of nitrogens with zero attached hydrogens (tertiary/aromatic N) is 2. The maximum Gasteiger partial charge on any atom is 0.226 e. The summed E-state index contributed by atoms with van der Waals surface area (Å²) in [5.74, 6) is 0.229. The van der Waals surface area contributed by atoms with Gasteiger partial charge in [-0.3, -0.25) is 4.79 Å². The molecule has 0 saturated carbocycles. The van der Waals surface area contributed by atoms with E-state index in [2.05, 4.69) is 58.7 Å². The minimum Gasteiger partial charge on any atom is -0.369 e. The molecule has 30 heavy (non-hydrogen) atoms. The molecular formula is C23H21FN4OS. The molecule has 0 bridgehead atoms. The van der Waals surface area contributed by atoms with E-state index < -0.39 is 0 Å². The molecule has 2 N–H and O–H groups in total. The van der Waals surface area contributed by atoms with Crippen LogP contribution < -0.4 is 10.6 Å². The van der Waals surface area contributed by atoms with Crippen LogP contribution in [0.3, 0.4) is 0 Å². The van der Waals surface area contributed by atoms with Crippen molar-refractivity contribution in [1.29, 1.82) is 0 Å². The quantitative estimate of drug-likeness (QED) is 0.429. The van der Waals surface area contributed by atoms with Gasteiger partial charge in [-0.15, -0.1) is 11.3 Å². The highest BCUT2D eigenvalue weighted by Crippen LogP contribution is 2.40. The molecule has 0 aliphatic heterocycles. The number of fused-ring (bicyclic) bond motifs is 1. The van der Waals surface area contributed by atoms with E-state index in [0.29, 0.717) is 12.2 Å². The van der Waals surface area contributed by atoms with E-state index in [1.807, 2.05) is 0 Å². The average Bonchev–Trinajstić information content (AvgIpc) is 3.07. The predicted octanol–water partition coefficient (Wildman–Crippen LogP) is 5.55. The van der Waals surface area contributed by atoms with Crippen molar-refractivity contribution in [3.8, 4) is 11.1 Å². The lowest BCUT2D eigenvalue weighted by atomic mass is 10.0. The largest absolute Gasteiger partial charge is 0.369 e. The fourth-order valence-corrected chi connectivity index (χ4v) is 4.31. The van der Waals surface area contributed by atoms with Gasteiger partial charge in [0, 0.05) is 29.1 Å². The Morgan fingerprint density at radius 1 is 1.03 bits per heavy atom. The smallest absolute Gasteiger partial charge is 0.226 e. The van der Waals surface area contributed by atoms with Gasteiger partial charge in [0.15, 0.2) is 0 Å². The molecule has 7 heteroatoms. The first kappa shape index (κ1) is 20.0. The average molecular weight is 421 g/mol. The van der Waals surface area contributed by atoms with E-state index in [-0.39, 0.29) is 18.1 Å². The van der Waals surface area contributed by atoms with E-state index in [4.69, 9.17) is 0 Å². The van der Waals surface area contributed by atoms with Crippen LogP contribution in [0.5, 0.6) is 0 Å². The number of carbonyl (C=O) groups is 1. The molecule has 0 spiro atoms. The minimum absolute atomic E-state index is 0.153. The highest BCUT2D eigenvalue weighted by Gasteiger charge is 2.16. The van der Waals surface area contributed by atoms with Crippen molar-refractivity contribution in [3.05, 3.63) is 71.1 Å². The van der Waals surface area contributed by atoms with Gasteiger partial charge in [-0.25, -0.2) is 14.4 Å². The first-order valence-electron chi connectivity index (χ1n) is 9.61. The number of rotatable bonds is 6. The Bertz CT molecular complexity index is 1190. The van der Waals surface area contributed by atoms with E-state index in [9.17, 15) is 9.18 Å². The molecule has 152 valence electrons. The number of aromatic nitrogens is 2. The fraction of sp³-hybridized carbons (Fsp3) is 0.174. The number of anilines is 2. The molecule has 0 saturated heterocycles. The number of halogens is 1. The van der Waals surface area contributed by atoms with Crippen LogP contribution in [0, 0.1) is 19.7 Å². The molecule has 5 nitrogen and oxygen atoms in total. The van der Waals surface area contributed by atoms with Gasteiger partial charge in [0.1, 0.15) is 22.8 Å². The maximum atomic E-state index is 13.0. The highest BCUT2D eigenvalue weighted by atomic mass is 32.1. The zero-order valence-corrected chi connectivity index (χ0v) is 17.5. The molecule has 2 aromatic heterocycles. The molecule has 0 unspecified atom stereocenters. The second kappa shape index (κ2) is 8.59. The number of amides is 1. The Morgan fingerprint density at radius 3 is 2.50 bits per heavy atom. The summed E-state index contributed by atoms with van der Waals surface area (Å²) in [6, 6.07) is 14.1. The first-order valence-corrected chi connectivity index (χ1v) is 10.4. The summed E-state index contributed by atoms with van der Waals surface area (Å²) in [5.41, 5.74) is 4.02. The van der Waals surface area contributed by atoms with Gasteiger partial charge in [-0.2, -0.15) is 0 Å². The van der Waals surface area contributed by atoms with Gasteiger partial charge in [0.05, 0.1) is 5.39 Å². The van der Waals surface area contributed by atoms with Gasteiger partial charge in [-0.05, 0) is 43.7 Å². The summed E-state index contributed by atoms with van der Waals surface area (Å²) in [7, 11) is 0. The van der Waals surface area contributed by atoms with Crippen LogP contribution in [0.25, 0.3) is 21.3 Å². The SMILES string of the molecule is Cc1ccc(-c2c(C)sc3ncnc(NCCC(=O)Nc4ccc(F)cc4)c23)cc1. The summed E-state index contributed by atoms with van der Waals surface area (Å²) < 4.78 is 13.0. The second-order valence-corrected chi connectivity index (χ2v) is 8.24. The van der Waals surface area contributed by atoms with Gasteiger partial charge < -0.3 is 10.6 Å². The molecule has 2 aromatic carbocycles. The third kappa shape index (κ3) is 4.31. The Balaban J connectivity index is 1.51.